The van der Waals surface area contributed by atoms with Crippen molar-refractivity contribution in [1.29, 1.82) is 5.26 Å². The third-order valence-electron chi connectivity index (χ3n) is 3.93. The van der Waals surface area contributed by atoms with Crippen LogP contribution in [0.5, 0.6) is 11.5 Å². The molecule has 0 radical (unpaired) electrons. The van der Waals surface area contributed by atoms with Crippen LogP contribution < -0.4 is 4.74 Å². The third-order valence-corrected chi connectivity index (χ3v) is 5.88. The van der Waals surface area contributed by atoms with E-state index in [4.69, 9.17) is 10.00 Å². The average molecular weight is 407 g/mol. The van der Waals surface area contributed by atoms with Crippen LogP contribution in [-0.4, -0.2) is 19.5 Å². The molecule has 1 aliphatic heterocycles. The highest BCUT2D eigenvalue weighted by molar-refractivity contribution is 8.25. The Labute approximate surface area is 150 Å². The Balaban J connectivity index is 2.17. The molecule has 0 saturated heterocycles. The number of benzene rings is 2. The molecular formula is C16H10F5NO4S. The van der Waals surface area contributed by atoms with E-state index in [-0.39, 0.29) is 11.3 Å². The maximum absolute atomic E-state index is 14.0. The molecule has 2 aromatic rings. The van der Waals surface area contributed by atoms with Gasteiger partial charge in [-0.1, -0.05) is 0 Å². The summed E-state index contributed by atoms with van der Waals surface area (Å²) in [5.74, 6) is -1.96. The van der Waals surface area contributed by atoms with Crippen molar-refractivity contribution in [3.63, 3.8) is 0 Å². The lowest BCUT2D eigenvalue weighted by Crippen LogP contribution is -2.26. The van der Waals surface area contributed by atoms with Gasteiger partial charge in [0.1, 0.15) is 17.3 Å². The Bertz CT molecular complexity index is 961. The van der Waals surface area contributed by atoms with E-state index in [1.165, 1.54) is 0 Å². The van der Waals surface area contributed by atoms with Crippen molar-refractivity contribution in [2.45, 2.75) is 22.7 Å². The number of hydrogen-bond acceptors (Lipinski definition) is 5. The molecule has 11 heteroatoms. The van der Waals surface area contributed by atoms with Gasteiger partial charge in [0, 0.05) is 11.6 Å². The second-order valence-corrected chi connectivity index (χ2v) is 7.67. The number of rotatable bonds is 3. The fourth-order valence-electron chi connectivity index (χ4n) is 2.72. The lowest BCUT2D eigenvalue weighted by atomic mass is 10.0. The fraction of sp³-hybridized carbons (Fsp3) is 0.188. The zero-order valence-corrected chi connectivity index (χ0v) is 13.9. The number of alkyl halides is 4. The number of hydrogen-bond donors (Lipinski definition) is 3. The van der Waals surface area contributed by atoms with Crippen molar-refractivity contribution < 1.29 is 40.9 Å². The summed E-state index contributed by atoms with van der Waals surface area (Å²) in [7, 11) is -4.87. The topological polar surface area (TPSA) is 93.7 Å². The SMILES string of the molecule is N#Cc1cc(F)cc(Oc2ccc3c(c2C(F)F)[C@H](O)C(F)(F)S3(O)O)c1. The summed E-state index contributed by atoms with van der Waals surface area (Å²) >= 11 is 0. The first-order chi connectivity index (χ1) is 12.5. The van der Waals surface area contributed by atoms with E-state index in [1.807, 2.05) is 0 Å². The van der Waals surface area contributed by atoms with E-state index in [2.05, 4.69) is 0 Å². The summed E-state index contributed by atoms with van der Waals surface area (Å²) in [5.41, 5.74) is -2.41. The first-order valence-electron chi connectivity index (χ1n) is 7.18. The number of ether oxygens (including phenoxy) is 1. The molecule has 0 saturated carbocycles. The molecule has 3 N–H and O–H groups in total. The van der Waals surface area contributed by atoms with Crippen LogP contribution in [0.2, 0.25) is 0 Å². The van der Waals surface area contributed by atoms with Crippen LogP contribution in [0.4, 0.5) is 22.0 Å². The molecule has 0 aromatic heterocycles. The lowest BCUT2D eigenvalue weighted by molar-refractivity contribution is -0.0448. The summed E-state index contributed by atoms with van der Waals surface area (Å²) < 4.78 is 93.1. The van der Waals surface area contributed by atoms with Gasteiger partial charge in [-0.05, 0) is 24.3 Å². The van der Waals surface area contributed by atoms with Gasteiger partial charge in [0.05, 0.1) is 22.1 Å². The Morgan fingerprint density at radius 1 is 1.19 bits per heavy atom. The molecule has 0 spiro atoms. The molecule has 5 nitrogen and oxygen atoms in total. The van der Waals surface area contributed by atoms with Gasteiger partial charge in [0.2, 0.25) is 0 Å². The van der Waals surface area contributed by atoms with Gasteiger partial charge in [0.15, 0.2) is 6.10 Å². The highest BCUT2D eigenvalue weighted by Crippen LogP contribution is 2.73. The largest absolute Gasteiger partial charge is 0.457 e. The van der Waals surface area contributed by atoms with E-state index < -0.39 is 56.0 Å². The molecule has 144 valence electrons. The summed E-state index contributed by atoms with van der Waals surface area (Å²) in [4.78, 5) is -0.917. The van der Waals surface area contributed by atoms with Crippen LogP contribution in [0.1, 0.15) is 29.2 Å². The van der Waals surface area contributed by atoms with Crippen LogP contribution in [0.3, 0.4) is 0 Å². The fourth-order valence-corrected chi connectivity index (χ4v) is 4.23. The Morgan fingerprint density at radius 2 is 1.85 bits per heavy atom. The maximum Gasteiger partial charge on any atom is 0.371 e. The van der Waals surface area contributed by atoms with E-state index in [0.717, 1.165) is 30.3 Å². The number of aliphatic hydroxyl groups is 1. The molecule has 0 aliphatic carbocycles. The summed E-state index contributed by atoms with van der Waals surface area (Å²) in [6, 6.07) is 5.81. The van der Waals surface area contributed by atoms with Crippen LogP contribution >= 0.6 is 10.6 Å². The molecule has 1 heterocycles. The Hall–Kier alpha value is -2.39. The van der Waals surface area contributed by atoms with Crippen molar-refractivity contribution >= 4 is 10.6 Å². The van der Waals surface area contributed by atoms with Gasteiger partial charge in [-0.3, -0.25) is 9.11 Å². The minimum Gasteiger partial charge on any atom is -0.457 e. The minimum atomic E-state index is -4.87. The highest BCUT2D eigenvalue weighted by Gasteiger charge is 2.61. The molecule has 1 aliphatic rings. The van der Waals surface area contributed by atoms with Crippen LogP contribution in [0.15, 0.2) is 35.2 Å². The molecule has 0 unspecified atom stereocenters. The standard InChI is InChI=1S/C16H10F5NO4S/c17-8-3-7(6-22)4-9(5-8)26-10-1-2-11-13(12(10)15(18)19)14(23)16(20,21)27(11,24)25/h1-5,14-15,23-25H/t14-/m0/s1. The zero-order chi connectivity index (χ0) is 20.1. The number of aliphatic hydroxyl groups excluding tert-OH is 1. The van der Waals surface area contributed by atoms with Gasteiger partial charge < -0.3 is 9.84 Å². The van der Waals surface area contributed by atoms with Crippen molar-refractivity contribution in [3.8, 4) is 17.6 Å². The number of halogens is 5. The highest BCUT2D eigenvalue weighted by atomic mass is 32.3. The molecule has 0 bridgehead atoms. The van der Waals surface area contributed by atoms with Gasteiger partial charge >= 0.3 is 5.25 Å². The van der Waals surface area contributed by atoms with Crippen LogP contribution in [-0.2, 0) is 0 Å². The predicted molar refractivity (Wildman–Crippen MR) is 83.6 cm³/mol. The van der Waals surface area contributed by atoms with Crippen LogP contribution in [0.25, 0.3) is 0 Å². The smallest absolute Gasteiger partial charge is 0.371 e. The number of fused-ring (bicyclic) bond motifs is 1. The monoisotopic (exact) mass is 407 g/mol. The average Bonchev–Trinajstić information content (AvgIpc) is 2.71. The first-order valence-corrected chi connectivity index (χ1v) is 8.72. The zero-order valence-electron chi connectivity index (χ0n) is 13.0. The molecular weight excluding hydrogens is 397 g/mol. The summed E-state index contributed by atoms with van der Waals surface area (Å²) in [6.45, 7) is 0. The number of nitrogens with zero attached hydrogens (tertiary/aromatic N) is 1. The van der Waals surface area contributed by atoms with Gasteiger partial charge in [0.25, 0.3) is 6.43 Å². The predicted octanol–water partition coefficient (Wildman–Crippen LogP) is 5.18. The van der Waals surface area contributed by atoms with Crippen LogP contribution in [0, 0.1) is 17.1 Å². The van der Waals surface area contributed by atoms with Gasteiger partial charge in [-0.25, -0.2) is 13.2 Å². The van der Waals surface area contributed by atoms with Gasteiger partial charge in [-0.2, -0.15) is 14.0 Å². The van der Waals surface area contributed by atoms with Crippen molar-refractivity contribution in [2.75, 3.05) is 0 Å². The molecule has 0 amide bonds. The van der Waals surface area contributed by atoms with Crippen molar-refractivity contribution in [2.24, 2.45) is 0 Å². The molecule has 27 heavy (non-hydrogen) atoms. The second-order valence-electron chi connectivity index (χ2n) is 5.59. The molecule has 2 aromatic carbocycles. The van der Waals surface area contributed by atoms with Crippen molar-refractivity contribution in [1.82, 2.24) is 0 Å². The molecule has 0 fully saturated rings. The maximum atomic E-state index is 14.0. The number of nitriles is 1. The van der Waals surface area contributed by atoms with E-state index >= 15 is 0 Å². The lowest BCUT2D eigenvalue weighted by Gasteiger charge is -2.34. The molecule has 1 atom stereocenters. The molecule has 3 rings (SSSR count). The normalized spacial score (nSPS) is 20.8. The quantitative estimate of drug-likeness (QED) is 0.610. The summed E-state index contributed by atoms with van der Waals surface area (Å²) in [5, 5.41) is 14.1. The van der Waals surface area contributed by atoms with Crippen molar-refractivity contribution in [3.05, 3.63) is 52.8 Å². The first kappa shape index (κ1) is 19.4. The summed E-state index contributed by atoms with van der Waals surface area (Å²) in [6.07, 6.45) is -6.33. The van der Waals surface area contributed by atoms with Gasteiger partial charge in [-0.15, -0.1) is 10.6 Å². The Morgan fingerprint density at radius 3 is 2.44 bits per heavy atom. The minimum absolute atomic E-state index is 0.175. The third kappa shape index (κ3) is 2.90. The second kappa shape index (κ2) is 6.35. The van der Waals surface area contributed by atoms with E-state index in [9.17, 15) is 36.2 Å². The van der Waals surface area contributed by atoms with E-state index in [1.54, 1.807) is 6.07 Å². The Kier molecular flexibility index (Phi) is 4.55. The van der Waals surface area contributed by atoms with E-state index in [0.29, 0.717) is 0 Å².